The molecule has 2 aliphatic heterocycles. The minimum absolute atomic E-state index is 0.00400. The van der Waals surface area contributed by atoms with Crippen LogP contribution in [0.15, 0.2) is 0 Å². The minimum Gasteiger partial charge on any atom is -0.381 e. The molecule has 2 rings (SSSR count). The smallest absolute Gasteiger partial charge is 0.229 e. The summed E-state index contributed by atoms with van der Waals surface area (Å²) in [6, 6.07) is 0. The summed E-state index contributed by atoms with van der Waals surface area (Å²) < 4.78 is 5.38. The summed E-state index contributed by atoms with van der Waals surface area (Å²) in [7, 11) is 0. The number of ether oxygens (including phenoxy) is 1. The van der Waals surface area contributed by atoms with E-state index in [2.05, 4.69) is 15.9 Å². The standard InChI is InChI=1S/C13H20BrNO3/c14-9-13(5-7-18-8-6-13)10-15-11(16)3-1-2-4-12(15)17/h1-10H2. The number of hydrogen-bond donors (Lipinski definition) is 0. The maximum Gasteiger partial charge on any atom is 0.229 e. The first kappa shape index (κ1) is 14.0. The lowest BCUT2D eigenvalue weighted by molar-refractivity contribution is -0.146. The molecule has 2 heterocycles. The van der Waals surface area contributed by atoms with Gasteiger partial charge in [0, 0.05) is 43.3 Å². The molecule has 0 aromatic carbocycles. The zero-order valence-corrected chi connectivity index (χ0v) is 12.2. The van der Waals surface area contributed by atoms with E-state index >= 15 is 0 Å². The number of likely N-dealkylation sites (tertiary alicyclic amines) is 1. The highest BCUT2D eigenvalue weighted by Crippen LogP contribution is 2.34. The average molecular weight is 318 g/mol. The van der Waals surface area contributed by atoms with Crippen molar-refractivity contribution in [2.75, 3.05) is 25.1 Å². The lowest BCUT2D eigenvalue weighted by Crippen LogP contribution is -2.47. The van der Waals surface area contributed by atoms with Crippen LogP contribution in [0.5, 0.6) is 0 Å². The van der Waals surface area contributed by atoms with Gasteiger partial charge >= 0.3 is 0 Å². The molecule has 0 aromatic rings. The molecule has 0 aliphatic carbocycles. The molecule has 18 heavy (non-hydrogen) atoms. The summed E-state index contributed by atoms with van der Waals surface area (Å²) >= 11 is 3.55. The maximum absolute atomic E-state index is 12.0. The van der Waals surface area contributed by atoms with Crippen molar-refractivity contribution in [3.05, 3.63) is 0 Å². The molecule has 2 amide bonds. The Balaban J connectivity index is 2.08. The van der Waals surface area contributed by atoms with Gasteiger partial charge in [0.2, 0.25) is 11.8 Å². The molecule has 0 atom stereocenters. The lowest BCUT2D eigenvalue weighted by Gasteiger charge is -2.38. The van der Waals surface area contributed by atoms with Crippen LogP contribution in [0.3, 0.4) is 0 Å². The van der Waals surface area contributed by atoms with Gasteiger partial charge in [-0.3, -0.25) is 14.5 Å². The lowest BCUT2D eigenvalue weighted by atomic mass is 9.81. The van der Waals surface area contributed by atoms with Crippen LogP contribution >= 0.6 is 15.9 Å². The monoisotopic (exact) mass is 317 g/mol. The number of alkyl halides is 1. The Labute approximate surface area is 116 Å². The molecule has 2 aliphatic rings. The Kier molecular flexibility index (Phi) is 4.78. The summed E-state index contributed by atoms with van der Waals surface area (Å²) in [5.74, 6) is 0.00799. The fourth-order valence-electron chi connectivity index (χ4n) is 2.61. The Morgan fingerprint density at radius 2 is 1.67 bits per heavy atom. The Hall–Kier alpha value is -0.420. The molecule has 0 aromatic heterocycles. The van der Waals surface area contributed by atoms with Crippen molar-refractivity contribution in [2.45, 2.75) is 38.5 Å². The van der Waals surface area contributed by atoms with Crippen LogP contribution in [0.2, 0.25) is 0 Å². The van der Waals surface area contributed by atoms with Gasteiger partial charge in [0.05, 0.1) is 0 Å². The predicted molar refractivity (Wildman–Crippen MR) is 71.5 cm³/mol. The van der Waals surface area contributed by atoms with E-state index in [-0.39, 0.29) is 17.2 Å². The van der Waals surface area contributed by atoms with Gasteiger partial charge in [-0.1, -0.05) is 15.9 Å². The fraction of sp³-hybridized carbons (Fsp3) is 0.846. The second-order valence-electron chi connectivity index (χ2n) is 5.33. The first-order chi connectivity index (χ1) is 8.67. The molecule has 0 radical (unpaired) electrons. The van der Waals surface area contributed by atoms with E-state index in [0.29, 0.717) is 19.4 Å². The molecule has 0 bridgehead atoms. The molecule has 0 spiro atoms. The second kappa shape index (κ2) is 6.15. The van der Waals surface area contributed by atoms with Crippen molar-refractivity contribution < 1.29 is 14.3 Å². The third-order valence-electron chi connectivity index (χ3n) is 3.96. The van der Waals surface area contributed by atoms with Gasteiger partial charge in [-0.05, 0) is 25.7 Å². The van der Waals surface area contributed by atoms with E-state index in [1.54, 1.807) is 0 Å². The number of carbonyl (C=O) groups is 2. The van der Waals surface area contributed by atoms with Crippen molar-refractivity contribution >= 4 is 27.7 Å². The van der Waals surface area contributed by atoms with Crippen molar-refractivity contribution in [3.8, 4) is 0 Å². The Bertz CT molecular complexity index is 308. The molecule has 0 N–H and O–H groups in total. The predicted octanol–water partition coefficient (Wildman–Crippen LogP) is 2.11. The van der Waals surface area contributed by atoms with Crippen molar-refractivity contribution in [1.82, 2.24) is 4.90 Å². The van der Waals surface area contributed by atoms with Gasteiger partial charge in [0.15, 0.2) is 0 Å². The van der Waals surface area contributed by atoms with Crippen LogP contribution in [-0.4, -0.2) is 41.8 Å². The molecule has 102 valence electrons. The highest BCUT2D eigenvalue weighted by molar-refractivity contribution is 9.09. The van der Waals surface area contributed by atoms with E-state index in [1.165, 1.54) is 4.90 Å². The SMILES string of the molecule is O=C1CCCCC(=O)N1CC1(CBr)CCOCC1. The summed E-state index contributed by atoms with van der Waals surface area (Å²) in [4.78, 5) is 25.5. The minimum atomic E-state index is 0.00400. The molecule has 4 nitrogen and oxygen atoms in total. The molecule has 2 saturated heterocycles. The second-order valence-corrected chi connectivity index (χ2v) is 5.89. The van der Waals surface area contributed by atoms with Crippen LogP contribution in [0, 0.1) is 5.41 Å². The highest BCUT2D eigenvalue weighted by Gasteiger charge is 2.37. The number of carbonyl (C=O) groups excluding carboxylic acids is 2. The average Bonchev–Trinajstić information content (AvgIpc) is 2.55. The van der Waals surface area contributed by atoms with E-state index in [4.69, 9.17) is 4.74 Å². The maximum atomic E-state index is 12.0. The topological polar surface area (TPSA) is 46.6 Å². The molecular formula is C13H20BrNO3. The first-order valence-electron chi connectivity index (χ1n) is 6.64. The number of halogens is 1. The van der Waals surface area contributed by atoms with Crippen LogP contribution < -0.4 is 0 Å². The van der Waals surface area contributed by atoms with Crippen LogP contribution in [0.1, 0.15) is 38.5 Å². The summed E-state index contributed by atoms with van der Waals surface area (Å²) in [6.07, 6.45) is 4.53. The first-order valence-corrected chi connectivity index (χ1v) is 7.76. The van der Waals surface area contributed by atoms with Gasteiger partial charge in [-0.15, -0.1) is 0 Å². The van der Waals surface area contributed by atoms with Gasteiger partial charge in [-0.25, -0.2) is 0 Å². The molecule has 0 saturated carbocycles. The summed E-state index contributed by atoms with van der Waals surface area (Å²) in [5, 5.41) is 0.820. The number of hydrogen-bond acceptors (Lipinski definition) is 3. The molecule has 0 unspecified atom stereocenters. The highest BCUT2D eigenvalue weighted by atomic mass is 79.9. The van der Waals surface area contributed by atoms with Crippen molar-refractivity contribution in [1.29, 1.82) is 0 Å². The van der Waals surface area contributed by atoms with Crippen molar-refractivity contribution in [3.63, 3.8) is 0 Å². The van der Waals surface area contributed by atoms with Gasteiger partial charge < -0.3 is 4.74 Å². The van der Waals surface area contributed by atoms with E-state index in [1.807, 2.05) is 0 Å². The quantitative estimate of drug-likeness (QED) is 0.591. The molecular weight excluding hydrogens is 298 g/mol. The third-order valence-corrected chi connectivity index (χ3v) is 5.15. The van der Waals surface area contributed by atoms with E-state index < -0.39 is 0 Å². The normalized spacial score (nSPS) is 25.1. The molecule has 2 fully saturated rings. The molecule has 5 heteroatoms. The number of rotatable bonds is 3. The number of imide groups is 1. The third kappa shape index (κ3) is 3.12. The number of nitrogens with zero attached hydrogens (tertiary/aromatic N) is 1. The van der Waals surface area contributed by atoms with E-state index in [9.17, 15) is 9.59 Å². The largest absolute Gasteiger partial charge is 0.381 e. The van der Waals surface area contributed by atoms with Crippen LogP contribution in [0.25, 0.3) is 0 Å². The van der Waals surface area contributed by atoms with Crippen LogP contribution in [-0.2, 0) is 14.3 Å². The summed E-state index contributed by atoms with van der Waals surface area (Å²) in [6.45, 7) is 2.00. The Morgan fingerprint density at radius 3 is 2.17 bits per heavy atom. The summed E-state index contributed by atoms with van der Waals surface area (Å²) in [5.41, 5.74) is 0.00785. The van der Waals surface area contributed by atoms with Crippen LogP contribution in [0.4, 0.5) is 0 Å². The van der Waals surface area contributed by atoms with Gasteiger partial charge in [0.25, 0.3) is 0 Å². The number of amides is 2. The fourth-order valence-corrected chi connectivity index (χ4v) is 3.35. The van der Waals surface area contributed by atoms with Crippen molar-refractivity contribution in [2.24, 2.45) is 5.41 Å². The zero-order chi connectivity index (χ0) is 13.0. The van der Waals surface area contributed by atoms with Gasteiger partial charge in [0.1, 0.15) is 0 Å². The van der Waals surface area contributed by atoms with E-state index in [0.717, 1.165) is 44.2 Å². The zero-order valence-electron chi connectivity index (χ0n) is 10.6. The Morgan fingerprint density at radius 1 is 1.11 bits per heavy atom. The van der Waals surface area contributed by atoms with Gasteiger partial charge in [-0.2, -0.15) is 0 Å².